The van der Waals surface area contributed by atoms with Crippen molar-refractivity contribution in [2.24, 2.45) is 5.73 Å². The van der Waals surface area contributed by atoms with E-state index in [1.807, 2.05) is 26.8 Å². The number of urea groups is 1. The number of thiazole rings is 1. The molecule has 8 nitrogen and oxygen atoms in total. The zero-order chi connectivity index (χ0) is 16.3. The molecular weight excluding hydrogens is 304 g/mol. The Hall–Kier alpha value is -2.55. The molecule has 0 aliphatic heterocycles. The molecule has 0 spiro atoms. The van der Waals surface area contributed by atoms with Crippen LogP contribution < -0.4 is 16.4 Å². The van der Waals surface area contributed by atoms with Crippen LogP contribution in [0.2, 0.25) is 0 Å². The van der Waals surface area contributed by atoms with Crippen LogP contribution in [0.25, 0.3) is 10.7 Å². The van der Waals surface area contributed by atoms with Gasteiger partial charge in [-0.15, -0.1) is 0 Å². The van der Waals surface area contributed by atoms with Crippen LogP contribution in [0.5, 0.6) is 0 Å². The van der Waals surface area contributed by atoms with Crippen molar-refractivity contribution < 1.29 is 9.59 Å². The molecular formula is C13H16N6O2S. The van der Waals surface area contributed by atoms with Gasteiger partial charge in [-0.05, 0) is 26.8 Å². The molecule has 22 heavy (non-hydrogen) atoms. The lowest BCUT2D eigenvalue weighted by molar-refractivity contribution is -0.117. The lowest BCUT2D eigenvalue weighted by atomic mass is 10.3. The Labute approximate surface area is 131 Å². The van der Waals surface area contributed by atoms with Crippen LogP contribution in [0.1, 0.15) is 17.1 Å². The molecule has 0 radical (unpaired) electrons. The topological polar surface area (TPSA) is 123 Å². The fourth-order valence-corrected chi connectivity index (χ4v) is 2.69. The van der Waals surface area contributed by atoms with Crippen molar-refractivity contribution >= 4 is 28.4 Å². The predicted molar refractivity (Wildman–Crippen MR) is 83.6 cm³/mol. The number of aromatic nitrogens is 3. The van der Waals surface area contributed by atoms with Gasteiger partial charge < -0.3 is 11.1 Å². The average molecular weight is 320 g/mol. The molecule has 9 heteroatoms. The first-order valence-electron chi connectivity index (χ1n) is 6.48. The summed E-state index contributed by atoms with van der Waals surface area (Å²) < 4.78 is 0. The Morgan fingerprint density at radius 2 is 1.82 bits per heavy atom. The van der Waals surface area contributed by atoms with Gasteiger partial charge in [0.05, 0.1) is 17.1 Å². The molecule has 0 atom stereocenters. The second kappa shape index (κ2) is 6.48. The maximum absolute atomic E-state index is 11.6. The van der Waals surface area contributed by atoms with E-state index < -0.39 is 11.9 Å². The third-order valence-corrected chi connectivity index (χ3v) is 3.69. The number of anilines is 1. The molecule has 0 saturated heterocycles. The largest absolute Gasteiger partial charge is 0.368 e. The summed E-state index contributed by atoms with van der Waals surface area (Å²) in [6.07, 6.45) is 0. The van der Waals surface area contributed by atoms with Gasteiger partial charge in [0.2, 0.25) is 5.91 Å². The number of nitrogens with one attached hydrogen (secondary N) is 2. The third kappa shape index (κ3) is 3.98. The highest BCUT2D eigenvalue weighted by Crippen LogP contribution is 2.30. The van der Waals surface area contributed by atoms with Gasteiger partial charge in [-0.25, -0.2) is 19.7 Å². The van der Waals surface area contributed by atoms with Gasteiger partial charge in [0, 0.05) is 11.4 Å². The normalized spacial score (nSPS) is 10.3. The van der Waals surface area contributed by atoms with Gasteiger partial charge in [0.15, 0.2) is 11.0 Å². The van der Waals surface area contributed by atoms with Crippen LogP contribution in [-0.4, -0.2) is 33.4 Å². The first-order chi connectivity index (χ1) is 10.3. The van der Waals surface area contributed by atoms with Gasteiger partial charge in [0.25, 0.3) is 0 Å². The maximum atomic E-state index is 11.6. The first kappa shape index (κ1) is 15.8. The molecule has 0 aliphatic carbocycles. The molecule has 0 fully saturated rings. The molecule has 116 valence electrons. The number of carbonyl (C=O) groups is 2. The van der Waals surface area contributed by atoms with E-state index in [2.05, 4.69) is 25.6 Å². The summed E-state index contributed by atoms with van der Waals surface area (Å²) in [5.41, 5.74) is 7.41. The van der Waals surface area contributed by atoms with Crippen molar-refractivity contribution in [2.75, 3.05) is 11.9 Å². The minimum Gasteiger partial charge on any atom is -0.368 e. The zero-order valence-electron chi connectivity index (χ0n) is 12.4. The Kier molecular flexibility index (Phi) is 4.66. The number of nitrogens with zero attached hydrogens (tertiary/aromatic N) is 3. The van der Waals surface area contributed by atoms with Crippen LogP contribution in [0.4, 0.5) is 9.93 Å². The van der Waals surface area contributed by atoms with E-state index in [0.717, 1.165) is 22.0 Å². The van der Waals surface area contributed by atoms with Crippen molar-refractivity contribution in [3.05, 3.63) is 23.1 Å². The Morgan fingerprint density at radius 3 is 2.41 bits per heavy atom. The maximum Gasteiger partial charge on any atom is 0.321 e. The third-order valence-electron chi connectivity index (χ3n) is 2.63. The van der Waals surface area contributed by atoms with Crippen LogP contribution in [-0.2, 0) is 4.79 Å². The Morgan fingerprint density at radius 1 is 1.18 bits per heavy atom. The fraction of sp³-hybridized carbons (Fsp3) is 0.308. The van der Waals surface area contributed by atoms with E-state index >= 15 is 0 Å². The number of hydrogen-bond donors (Lipinski definition) is 3. The zero-order valence-corrected chi connectivity index (χ0v) is 13.2. The minimum absolute atomic E-state index is 0.233. The van der Waals surface area contributed by atoms with Gasteiger partial charge in [-0.3, -0.25) is 10.1 Å². The molecule has 2 heterocycles. The molecule has 3 amide bonds. The molecule has 4 N–H and O–H groups in total. The van der Waals surface area contributed by atoms with E-state index in [1.165, 1.54) is 11.3 Å². The van der Waals surface area contributed by atoms with Crippen LogP contribution in [0, 0.1) is 20.8 Å². The number of hydrogen-bond acceptors (Lipinski definition) is 6. The molecule has 2 aromatic heterocycles. The van der Waals surface area contributed by atoms with Gasteiger partial charge in [-0.2, -0.15) is 0 Å². The number of nitrogens with two attached hydrogens (primary N) is 1. The molecule has 0 unspecified atom stereocenters. The van der Waals surface area contributed by atoms with E-state index in [-0.39, 0.29) is 6.54 Å². The van der Waals surface area contributed by atoms with Crippen LogP contribution in [0.3, 0.4) is 0 Å². The van der Waals surface area contributed by atoms with E-state index in [1.54, 1.807) is 0 Å². The van der Waals surface area contributed by atoms with Crippen molar-refractivity contribution in [2.45, 2.75) is 20.8 Å². The highest BCUT2D eigenvalue weighted by atomic mass is 32.1. The smallest absolute Gasteiger partial charge is 0.321 e. The number of primary amides is 1. The molecule has 0 aromatic carbocycles. The summed E-state index contributed by atoms with van der Waals surface area (Å²) >= 11 is 1.27. The molecule has 2 rings (SSSR count). The molecule has 2 aromatic rings. The number of carbonyl (C=O) groups excluding carboxylic acids is 2. The second-order valence-electron chi connectivity index (χ2n) is 4.68. The predicted octanol–water partition coefficient (Wildman–Crippen LogP) is 1.13. The van der Waals surface area contributed by atoms with Gasteiger partial charge in [0.1, 0.15) is 0 Å². The average Bonchev–Trinajstić information content (AvgIpc) is 2.76. The van der Waals surface area contributed by atoms with Crippen LogP contribution >= 0.6 is 11.3 Å². The SMILES string of the molecule is Cc1cc(C)nc(-c2sc(NC(=O)NCC(N)=O)nc2C)n1. The van der Waals surface area contributed by atoms with Crippen molar-refractivity contribution in [1.29, 1.82) is 0 Å². The van der Waals surface area contributed by atoms with E-state index in [4.69, 9.17) is 5.73 Å². The summed E-state index contributed by atoms with van der Waals surface area (Å²) in [4.78, 5) is 36.0. The Bertz CT molecular complexity index is 707. The summed E-state index contributed by atoms with van der Waals surface area (Å²) in [6, 6.07) is 1.34. The monoisotopic (exact) mass is 320 g/mol. The van der Waals surface area contributed by atoms with Crippen molar-refractivity contribution in [1.82, 2.24) is 20.3 Å². The molecule has 0 bridgehead atoms. The lowest BCUT2D eigenvalue weighted by Gasteiger charge is -2.02. The van der Waals surface area contributed by atoms with Crippen molar-refractivity contribution in [3.63, 3.8) is 0 Å². The van der Waals surface area contributed by atoms with E-state index in [9.17, 15) is 9.59 Å². The highest BCUT2D eigenvalue weighted by Gasteiger charge is 2.14. The second-order valence-corrected chi connectivity index (χ2v) is 5.68. The highest BCUT2D eigenvalue weighted by molar-refractivity contribution is 7.19. The molecule has 0 saturated carbocycles. The standard InChI is InChI=1S/C13H16N6O2S/c1-6-4-7(2)17-11(16-6)10-8(3)18-13(22-10)19-12(21)15-5-9(14)20/h4H,5H2,1-3H3,(H2,14,20)(H2,15,18,19,21). The first-order valence-corrected chi connectivity index (χ1v) is 7.30. The van der Waals surface area contributed by atoms with Gasteiger partial charge in [-0.1, -0.05) is 11.3 Å². The minimum atomic E-state index is -0.616. The quantitative estimate of drug-likeness (QED) is 0.779. The lowest BCUT2D eigenvalue weighted by Crippen LogP contribution is -2.36. The number of amides is 3. The number of rotatable bonds is 4. The summed E-state index contributed by atoms with van der Waals surface area (Å²) in [7, 11) is 0. The van der Waals surface area contributed by atoms with Gasteiger partial charge >= 0.3 is 6.03 Å². The fourth-order valence-electron chi connectivity index (χ4n) is 1.79. The summed E-state index contributed by atoms with van der Waals surface area (Å²) in [6.45, 7) is 5.37. The van der Waals surface area contributed by atoms with E-state index in [0.29, 0.717) is 11.0 Å². The summed E-state index contributed by atoms with van der Waals surface area (Å²) in [5.74, 6) is -0.0344. The number of aryl methyl sites for hydroxylation is 3. The van der Waals surface area contributed by atoms with Crippen molar-refractivity contribution in [3.8, 4) is 10.7 Å². The molecule has 0 aliphatic rings. The Balaban J connectivity index is 2.17. The van der Waals surface area contributed by atoms with Crippen LogP contribution in [0.15, 0.2) is 6.07 Å². The summed E-state index contributed by atoms with van der Waals surface area (Å²) in [5, 5.41) is 5.28.